The van der Waals surface area contributed by atoms with Crippen LogP contribution in [0.4, 0.5) is 0 Å². The number of amides is 1. The van der Waals surface area contributed by atoms with Crippen molar-refractivity contribution in [2.24, 2.45) is 0 Å². The van der Waals surface area contributed by atoms with Crippen molar-refractivity contribution in [3.05, 3.63) is 71.0 Å². The standard InChI is InChI=1S/C19H19ClN6O/c20-17-5-1-3-15(11-17)13-24-7-9-25(10-8-24)19(27)16-4-2-6-18(12-16)26-14-21-22-23-26/h1-6,11-12,14H,7-10,13H2. The fraction of sp³-hybridized carbons (Fsp3) is 0.263. The Hall–Kier alpha value is -2.77. The van der Waals surface area contributed by atoms with Crippen LogP contribution in [0.5, 0.6) is 0 Å². The minimum Gasteiger partial charge on any atom is -0.336 e. The zero-order chi connectivity index (χ0) is 18.6. The molecule has 8 heteroatoms. The van der Waals surface area contributed by atoms with Crippen LogP contribution in [0.1, 0.15) is 15.9 Å². The topological polar surface area (TPSA) is 67.2 Å². The van der Waals surface area contributed by atoms with E-state index in [9.17, 15) is 4.79 Å². The quantitative estimate of drug-likeness (QED) is 0.692. The number of carbonyl (C=O) groups is 1. The monoisotopic (exact) mass is 382 g/mol. The summed E-state index contributed by atoms with van der Waals surface area (Å²) in [5.74, 6) is 0.0346. The highest BCUT2D eigenvalue weighted by atomic mass is 35.5. The summed E-state index contributed by atoms with van der Waals surface area (Å²) in [5, 5.41) is 11.9. The molecule has 0 radical (unpaired) electrons. The lowest BCUT2D eigenvalue weighted by Gasteiger charge is -2.34. The molecule has 3 aromatic rings. The Morgan fingerprint density at radius 1 is 1.04 bits per heavy atom. The summed E-state index contributed by atoms with van der Waals surface area (Å²) >= 11 is 6.06. The molecule has 1 aliphatic heterocycles. The molecule has 7 nitrogen and oxygen atoms in total. The molecule has 0 unspecified atom stereocenters. The zero-order valence-electron chi connectivity index (χ0n) is 14.7. The smallest absolute Gasteiger partial charge is 0.254 e. The Balaban J connectivity index is 1.38. The molecule has 1 amide bonds. The van der Waals surface area contributed by atoms with E-state index in [0.717, 1.165) is 30.3 Å². The lowest BCUT2D eigenvalue weighted by molar-refractivity contribution is 0.0628. The van der Waals surface area contributed by atoms with Gasteiger partial charge in [0.15, 0.2) is 0 Å². The minimum absolute atomic E-state index is 0.0346. The van der Waals surface area contributed by atoms with Crippen LogP contribution in [0.3, 0.4) is 0 Å². The molecule has 27 heavy (non-hydrogen) atoms. The van der Waals surface area contributed by atoms with Gasteiger partial charge < -0.3 is 4.90 Å². The Morgan fingerprint density at radius 3 is 2.59 bits per heavy atom. The number of benzene rings is 2. The first-order valence-corrected chi connectivity index (χ1v) is 9.16. The summed E-state index contributed by atoms with van der Waals surface area (Å²) in [5.41, 5.74) is 2.60. The van der Waals surface area contributed by atoms with Crippen LogP contribution < -0.4 is 0 Å². The van der Waals surface area contributed by atoms with E-state index in [1.807, 2.05) is 47.4 Å². The number of tetrazole rings is 1. The molecule has 0 bridgehead atoms. The van der Waals surface area contributed by atoms with Gasteiger partial charge in [-0.3, -0.25) is 9.69 Å². The summed E-state index contributed by atoms with van der Waals surface area (Å²) < 4.78 is 1.54. The van der Waals surface area contributed by atoms with Crippen molar-refractivity contribution in [2.45, 2.75) is 6.54 Å². The van der Waals surface area contributed by atoms with Gasteiger partial charge >= 0.3 is 0 Å². The predicted molar refractivity (Wildman–Crippen MR) is 102 cm³/mol. The van der Waals surface area contributed by atoms with Crippen LogP contribution in [-0.2, 0) is 6.54 Å². The molecule has 4 rings (SSSR count). The van der Waals surface area contributed by atoms with Crippen molar-refractivity contribution in [1.29, 1.82) is 0 Å². The Kier molecular flexibility index (Phi) is 5.13. The largest absolute Gasteiger partial charge is 0.336 e. The van der Waals surface area contributed by atoms with Crippen molar-refractivity contribution in [1.82, 2.24) is 30.0 Å². The molecule has 0 aliphatic carbocycles. The maximum Gasteiger partial charge on any atom is 0.254 e. The van der Waals surface area contributed by atoms with Crippen molar-refractivity contribution in [2.75, 3.05) is 26.2 Å². The van der Waals surface area contributed by atoms with Gasteiger partial charge in [-0.05, 0) is 46.3 Å². The van der Waals surface area contributed by atoms with Crippen molar-refractivity contribution in [3.8, 4) is 5.69 Å². The molecule has 0 saturated carbocycles. The fourth-order valence-corrected chi connectivity index (χ4v) is 3.46. The van der Waals surface area contributed by atoms with Gasteiger partial charge in [0, 0.05) is 43.3 Å². The fourth-order valence-electron chi connectivity index (χ4n) is 3.25. The van der Waals surface area contributed by atoms with Gasteiger partial charge in [0.05, 0.1) is 5.69 Å². The highest BCUT2D eigenvalue weighted by Crippen LogP contribution is 2.16. The average Bonchev–Trinajstić information content (AvgIpc) is 3.23. The van der Waals surface area contributed by atoms with Crippen LogP contribution >= 0.6 is 11.6 Å². The second kappa shape index (κ2) is 7.85. The Bertz CT molecular complexity index is 921. The number of nitrogens with zero attached hydrogens (tertiary/aromatic N) is 6. The van der Waals surface area contributed by atoms with Crippen LogP contribution in [0.2, 0.25) is 5.02 Å². The van der Waals surface area contributed by atoms with Gasteiger partial charge in [0.1, 0.15) is 6.33 Å². The molecule has 0 spiro atoms. The van der Waals surface area contributed by atoms with Crippen molar-refractivity contribution >= 4 is 17.5 Å². The van der Waals surface area contributed by atoms with E-state index >= 15 is 0 Å². The summed E-state index contributed by atoms with van der Waals surface area (Å²) in [7, 11) is 0. The second-order valence-corrected chi connectivity index (χ2v) is 6.94. The first kappa shape index (κ1) is 17.6. The first-order chi connectivity index (χ1) is 13.2. The van der Waals surface area contributed by atoms with Gasteiger partial charge in [0.25, 0.3) is 5.91 Å². The minimum atomic E-state index is 0.0346. The number of rotatable bonds is 4. The normalized spacial score (nSPS) is 15.1. The molecule has 0 atom stereocenters. The summed E-state index contributed by atoms with van der Waals surface area (Å²) in [6, 6.07) is 15.3. The number of piperazine rings is 1. The zero-order valence-corrected chi connectivity index (χ0v) is 15.5. The van der Waals surface area contributed by atoms with Gasteiger partial charge in [-0.1, -0.05) is 29.8 Å². The molecular formula is C19H19ClN6O. The molecule has 1 aromatic heterocycles. The molecule has 1 saturated heterocycles. The molecule has 0 N–H and O–H groups in total. The van der Waals surface area contributed by atoms with Crippen LogP contribution in [0.25, 0.3) is 5.69 Å². The van der Waals surface area contributed by atoms with E-state index in [4.69, 9.17) is 11.6 Å². The third-order valence-electron chi connectivity index (χ3n) is 4.66. The Labute approximate surface area is 162 Å². The highest BCUT2D eigenvalue weighted by Gasteiger charge is 2.22. The maximum absolute atomic E-state index is 12.9. The van der Waals surface area contributed by atoms with Gasteiger partial charge in [0.2, 0.25) is 0 Å². The lowest BCUT2D eigenvalue weighted by atomic mass is 10.1. The number of carbonyl (C=O) groups excluding carboxylic acids is 1. The van der Waals surface area contributed by atoms with E-state index < -0.39 is 0 Å². The molecule has 1 fully saturated rings. The number of halogens is 1. The summed E-state index contributed by atoms with van der Waals surface area (Å²) in [6.45, 7) is 3.93. The lowest BCUT2D eigenvalue weighted by Crippen LogP contribution is -2.48. The summed E-state index contributed by atoms with van der Waals surface area (Å²) in [6.07, 6.45) is 1.51. The van der Waals surface area contributed by atoms with Gasteiger partial charge in [-0.2, -0.15) is 0 Å². The SMILES string of the molecule is O=C(c1cccc(-n2cnnn2)c1)N1CCN(Cc2cccc(Cl)c2)CC1. The molecule has 2 aromatic carbocycles. The molecule has 138 valence electrons. The predicted octanol–water partition coefficient (Wildman–Crippen LogP) is 2.27. The third-order valence-corrected chi connectivity index (χ3v) is 4.90. The van der Waals surface area contributed by atoms with E-state index in [0.29, 0.717) is 18.7 Å². The van der Waals surface area contributed by atoms with Crippen molar-refractivity contribution < 1.29 is 4.79 Å². The Morgan fingerprint density at radius 2 is 1.85 bits per heavy atom. The number of aromatic nitrogens is 4. The second-order valence-electron chi connectivity index (χ2n) is 6.50. The molecular weight excluding hydrogens is 364 g/mol. The molecule has 2 heterocycles. The number of hydrogen-bond donors (Lipinski definition) is 0. The summed E-state index contributed by atoms with van der Waals surface area (Å²) in [4.78, 5) is 17.1. The van der Waals surface area contributed by atoms with E-state index in [2.05, 4.69) is 26.5 Å². The maximum atomic E-state index is 12.9. The van der Waals surface area contributed by atoms with Crippen molar-refractivity contribution in [3.63, 3.8) is 0 Å². The molecule has 1 aliphatic rings. The van der Waals surface area contributed by atoms with E-state index in [1.165, 1.54) is 11.9 Å². The first-order valence-electron chi connectivity index (χ1n) is 8.78. The highest BCUT2D eigenvalue weighted by molar-refractivity contribution is 6.30. The van der Waals surface area contributed by atoms with Crippen LogP contribution in [0.15, 0.2) is 54.9 Å². The van der Waals surface area contributed by atoms with Crippen LogP contribution in [0, 0.1) is 0 Å². The third kappa shape index (κ3) is 4.15. The van der Waals surface area contributed by atoms with E-state index in [1.54, 1.807) is 4.68 Å². The van der Waals surface area contributed by atoms with Gasteiger partial charge in [-0.15, -0.1) is 5.10 Å². The van der Waals surface area contributed by atoms with Gasteiger partial charge in [-0.25, -0.2) is 4.68 Å². The van der Waals surface area contributed by atoms with Crippen LogP contribution in [-0.4, -0.2) is 62.1 Å². The average molecular weight is 383 g/mol. The van der Waals surface area contributed by atoms with E-state index in [-0.39, 0.29) is 5.91 Å². The number of hydrogen-bond acceptors (Lipinski definition) is 5.